The monoisotopic (exact) mass is 342 g/mol. The highest BCUT2D eigenvalue weighted by atomic mass is 16.5. The molecule has 1 aliphatic rings. The van der Waals surface area contributed by atoms with Crippen LogP contribution in [-0.2, 0) is 11.2 Å². The largest absolute Gasteiger partial charge is 0.496 e. The zero-order valence-corrected chi connectivity index (χ0v) is 14.3. The number of hydrogen-bond acceptors (Lipinski definition) is 6. The van der Waals surface area contributed by atoms with E-state index in [2.05, 4.69) is 20.2 Å². The predicted molar refractivity (Wildman–Crippen MR) is 94.1 cm³/mol. The molecule has 2 heterocycles. The van der Waals surface area contributed by atoms with Gasteiger partial charge in [0.15, 0.2) is 0 Å². The number of carbonyl (C=O) groups is 1. The number of morpholine rings is 1. The second-order valence-corrected chi connectivity index (χ2v) is 5.68. The van der Waals surface area contributed by atoms with Crippen molar-refractivity contribution in [3.63, 3.8) is 0 Å². The standard InChI is InChI=1S/C18H22N4O3/c1-24-16-5-3-2-4-14(16)6-7-19-18(23)15-12-17(21-13-20-15)22-8-10-25-11-9-22/h2-5,12-13H,6-11H2,1H3,(H,19,23). The van der Waals surface area contributed by atoms with Gasteiger partial charge in [0, 0.05) is 25.7 Å². The normalized spacial score (nSPS) is 14.2. The van der Waals surface area contributed by atoms with Crippen molar-refractivity contribution in [2.24, 2.45) is 0 Å². The summed E-state index contributed by atoms with van der Waals surface area (Å²) in [6.07, 6.45) is 2.12. The Labute approximate surface area is 147 Å². The molecule has 3 rings (SSSR count). The van der Waals surface area contributed by atoms with E-state index >= 15 is 0 Å². The molecule has 1 N–H and O–H groups in total. The van der Waals surface area contributed by atoms with Crippen molar-refractivity contribution in [3.05, 3.63) is 47.9 Å². The average Bonchev–Trinajstić information content (AvgIpc) is 2.69. The minimum Gasteiger partial charge on any atom is -0.496 e. The lowest BCUT2D eigenvalue weighted by molar-refractivity contribution is 0.0949. The van der Waals surface area contributed by atoms with Crippen molar-refractivity contribution in [2.75, 3.05) is 44.9 Å². The molecule has 0 unspecified atom stereocenters. The lowest BCUT2D eigenvalue weighted by Crippen LogP contribution is -2.37. The second kappa shape index (κ2) is 8.43. The van der Waals surface area contributed by atoms with Gasteiger partial charge in [-0.05, 0) is 18.1 Å². The maximum atomic E-state index is 12.3. The first-order valence-electron chi connectivity index (χ1n) is 8.33. The number of ether oxygens (including phenoxy) is 2. The summed E-state index contributed by atoms with van der Waals surface area (Å²) in [6.45, 7) is 3.39. The molecule has 1 aromatic carbocycles. The molecular formula is C18H22N4O3. The van der Waals surface area contributed by atoms with Gasteiger partial charge < -0.3 is 19.7 Å². The highest BCUT2D eigenvalue weighted by Gasteiger charge is 2.15. The van der Waals surface area contributed by atoms with Gasteiger partial charge in [-0.1, -0.05) is 18.2 Å². The number of nitrogens with one attached hydrogen (secondary N) is 1. The van der Waals surface area contributed by atoms with Gasteiger partial charge in [-0.2, -0.15) is 0 Å². The molecule has 0 bridgehead atoms. The Morgan fingerprint density at radius 1 is 1.28 bits per heavy atom. The molecule has 2 aromatic rings. The number of amides is 1. The van der Waals surface area contributed by atoms with Crippen LogP contribution < -0.4 is 15.0 Å². The molecule has 1 saturated heterocycles. The molecule has 7 nitrogen and oxygen atoms in total. The van der Waals surface area contributed by atoms with Gasteiger partial charge in [0.1, 0.15) is 23.6 Å². The summed E-state index contributed by atoms with van der Waals surface area (Å²) in [6, 6.07) is 9.51. The van der Waals surface area contributed by atoms with Crippen molar-refractivity contribution >= 4 is 11.7 Å². The Kier molecular flexibility index (Phi) is 5.79. The summed E-state index contributed by atoms with van der Waals surface area (Å²) in [7, 11) is 1.64. The van der Waals surface area contributed by atoms with Crippen LogP contribution in [0, 0.1) is 0 Å². The number of aromatic nitrogens is 2. The molecule has 1 amide bonds. The van der Waals surface area contributed by atoms with Gasteiger partial charge in [0.25, 0.3) is 5.91 Å². The SMILES string of the molecule is COc1ccccc1CCNC(=O)c1cc(N2CCOCC2)ncn1. The number of methoxy groups -OCH3 is 1. The molecule has 0 radical (unpaired) electrons. The molecular weight excluding hydrogens is 320 g/mol. The van der Waals surface area contributed by atoms with Gasteiger partial charge in [-0.25, -0.2) is 9.97 Å². The van der Waals surface area contributed by atoms with Crippen molar-refractivity contribution in [3.8, 4) is 5.75 Å². The minimum absolute atomic E-state index is 0.202. The summed E-state index contributed by atoms with van der Waals surface area (Å²) < 4.78 is 10.7. The highest BCUT2D eigenvalue weighted by Crippen LogP contribution is 2.17. The Bertz CT molecular complexity index is 717. The molecule has 7 heteroatoms. The molecule has 25 heavy (non-hydrogen) atoms. The van der Waals surface area contributed by atoms with Gasteiger partial charge in [0.05, 0.1) is 20.3 Å². The number of benzene rings is 1. The number of hydrogen-bond donors (Lipinski definition) is 1. The predicted octanol–water partition coefficient (Wildman–Crippen LogP) is 1.29. The molecule has 132 valence electrons. The molecule has 1 fully saturated rings. The van der Waals surface area contributed by atoms with Crippen LogP contribution in [0.2, 0.25) is 0 Å². The van der Waals surface area contributed by atoms with Crippen molar-refractivity contribution in [1.29, 1.82) is 0 Å². The number of anilines is 1. The van der Waals surface area contributed by atoms with E-state index in [1.807, 2.05) is 24.3 Å². The van der Waals surface area contributed by atoms with E-state index in [9.17, 15) is 4.79 Å². The Balaban J connectivity index is 1.58. The van der Waals surface area contributed by atoms with Crippen LogP contribution in [0.1, 0.15) is 16.1 Å². The van der Waals surface area contributed by atoms with Crippen LogP contribution in [0.25, 0.3) is 0 Å². The molecule has 0 aliphatic carbocycles. The van der Waals surface area contributed by atoms with Crippen molar-refractivity contribution < 1.29 is 14.3 Å². The van der Waals surface area contributed by atoms with Crippen LogP contribution in [0.5, 0.6) is 5.75 Å². The zero-order valence-electron chi connectivity index (χ0n) is 14.3. The van der Waals surface area contributed by atoms with Crippen LogP contribution >= 0.6 is 0 Å². The van der Waals surface area contributed by atoms with Crippen LogP contribution in [0.3, 0.4) is 0 Å². The van der Waals surface area contributed by atoms with E-state index in [1.165, 1.54) is 6.33 Å². The maximum Gasteiger partial charge on any atom is 0.270 e. The first-order valence-corrected chi connectivity index (χ1v) is 8.33. The van der Waals surface area contributed by atoms with E-state index in [1.54, 1.807) is 13.2 Å². The third-order valence-corrected chi connectivity index (χ3v) is 4.09. The lowest BCUT2D eigenvalue weighted by atomic mass is 10.1. The fourth-order valence-electron chi connectivity index (χ4n) is 2.75. The smallest absolute Gasteiger partial charge is 0.270 e. The zero-order chi connectivity index (χ0) is 17.5. The van der Waals surface area contributed by atoms with E-state index in [4.69, 9.17) is 9.47 Å². The quantitative estimate of drug-likeness (QED) is 0.853. The van der Waals surface area contributed by atoms with E-state index in [-0.39, 0.29) is 5.91 Å². The van der Waals surface area contributed by atoms with Gasteiger partial charge in [-0.15, -0.1) is 0 Å². The number of rotatable bonds is 6. The fraction of sp³-hybridized carbons (Fsp3) is 0.389. The fourth-order valence-corrected chi connectivity index (χ4v) is 2.75. The number of para-hydroxylation sites is 1. The molecule has 0 saturated carbocycles. The molecule has 0 spiro atoms. The summed E-state index contributed by atoms with van der Waals surface area (Å²) >= 11 is 0. The Morgan fingerprint density at radius 3 is 2.88 bits per heavy atom. The summed E-state index contributed by atoms with van der Waals surface area (Å²) in [5.41, 5.74) is 1.43. The van der Waals surface area contributed by atoms with Gasteiger partial charge >= 0.3 is 0 Å². The highest BCUT2D eigenvalue weighted by molar-refractivity contribution is 5.92. The van der Waals surface area contributed by atoms with Gasteiger partial charge in [-0.3, -0.25) is 4.79 Å². The number of carbonyl (C=O) groups excluding carboxylic acids is 1. The van der Waals surface area contributed by atoms with Crippen molar-refractivity contribution in [2.45, 2.75) is 6.42 Å². The van der Waals surface area contributed by atoms with E-state index in [0.717, 1.165) is 30.2 Å². The maximum absolute atomic E-state index is 12.3. The third-order valence-electron chi connectivity index (χ3n) is 4.09. The summed E-state index contributed by atoms with van der Waals surface area (Å²) in [5.74, 6) is 1.38. The average molecular weight is 342 g/mol. The van der Waals surface area contributed by atoms with Crippen LogP contribution in [0.4, 0.5) is 5.82 Å². The summed E-state index contributed by atoms with van der Waals surface area (Å²) in [4.78, 5) is 22.8. The summed E-state index contributed by atoms with van der Waals surface area (Å²) in [5, 5.41) is 2.90. The van der Waals surface area contributed by atoms with Crippen LogP contribution in [0.15, 0.2) is 36.7 Å². The van der Waals surface area contributed by atoms with Gasteiger partial charge in [0.2, 0.25) is 0 Å². The lowest BCUT2D eigenvalue weighted by Gasteiger charge is -2.27. The molecule has 1 aromatic heterocycles. The van der Waals surface area contributed by atoms with Crippen LogP contribution in [-0.4, -0.2) is 55.8 Å². The Hall–Kier alpha value is -2.67. The first kappa shape index (κ1) is 17.2. The Morgan fingerprint density at radius 2 is 2.08 bits per heavy atom. The second-order valence-electron chi connectivity index (χ2n) is 5.68. The third kappa shape index (κ3) is 4.45. The van der Waals surface area contributed by atoms with Crippen molar-refractivity contribution in [1.82, 2.24) is 15.3 Å². The molecule has 1 aliphatic heterocycles. The van der Waals surface area contributed by atoms with E-state index < -0.39 is 0 Å². The minimum atomic E-state index is -0.202. The molecule has 0 atom stereocenters. The topological polar surface area (TPSA) is 76.6 Å². The first-order chi connectivity index (χ1) is 12.3. The number of nitrogens with zero attached hydrogens (tertiary/aromatic N) is 3. The van der Waals surface area contributed by atoms with E-state index in [0.29, 0.717) is 31.9 Å².